The lowest BCUT2D eigenvalue weighted by Crippen LogP contribution is -1.98. The van der Waals surface area contributed by atoms with Crippen molar-refractivity contribution in [1.29, 1.82) is 5.26 Å². The fraction of sp³-hybridized carbons (Fsp3) is 0.0588. The van der Waals surface area contributed by atoms with Gasteiger partial charge in [0.1, 0.15) is 11.8 Å². The molecular formula is C17H10Cl2IN3O. The van der Waals surface area contributed by atoms with Crippen molar-refractivity contribution in [3.8, 4) is 11.8 Å². The molecule has 0 amide bonds. The van der Waals surface area contributed by atoms with E-state index in [1.54, 1.807) is 18.3 Å². The Balaban J connectivity index is 2.18. The number of methoxy groups -OCH3 is 1. The summed E-state index contributed by atoms with van der Waals surface area (Å²) in [5.41, 5.74) is 2.46. The van der Waals surface area contributed by atoms with Crippen LogP contribution in [-0.4, -0.2) is 12.1 Å². The number of rotatable bonds is 3. The van der Waals surface area contributed by atoms with Crippen molar-refractivity contribution in [1.82, 2.24) is 4.98 Å². The highest BCUT2D eigenvalue weighted by Crippen LogP contribution is 2.37. The Morgan fingerprint density at radius 1 is 1.21 bits per heavy atom. The summed E-state index contributed by atoms with van der Waals surface area (Å²) >= 11 is 14.6. The summed E-state index contributed by atoms with van der Waals surface area (Å²) in [4.78, 5) is 4.34. The van der Waals surface area contributed by atoms with Crippen LogP contribution >= 0.6 is 45.8 Å². The largest absolute Gasteiger partial charge is 0.495 e. The number of pyridine rings is 1. The third kappa shape index (κ3) is 3.22. The van der Waals surface area contributed by atoms with Gasteiger partial charge in [-0.3, -0.25) is 4.98 Å². The number of ether oxygens (including phenoxy) is 1. The summed E-state index contributed by atoms with van der Waals surface area (Å²) in [5, 5.41) is 14.3. The molecular weight excluding hydrogens is 460 g/mol. The van der Waals surface area contributed by atoms with Crippen LogP contribution in [0.3, 0.4) is 0 Å². The predicted molar refractivity (Wildman–Crippen MR) is 105 cm³/mol. The second-order valence-electron chi connectivity index (χ2n) is 4.91. The molecule has 0 aliphatic carbocycles. The summed E-state index contributed by atoms with van der Waals surface area (Å²) < 4.78 is 6.29. The van der Waals surface area contributed by atoms with Gasteiger partial charge in [0.25, 0.3) is 0 Å². The maximum Gasteiger partial charge on any atom is 0.139 e. The van der Waals surface area contributed by atoms with Gasteiger partial charge in [-0.25, -0.2) is 0 Å². The standard InChI is InChI=1S/C17H10Cl2IN3O/c1-24-16-6-15(12(18)5-13(16)19)23-17-9(7-21)8-22-14-4-10(20)2-3-11(14)17/h2-6,8H,1H3,(H,22,23). The Kier molecular flexibility index (Phi) is 4.99. The molecule has 4 nitrogen and oxygen atoms in total. The Labute approximate surface area is 162 Å². The first kappa shape index (κ1) is 17.1. The highest BCUT2D eigenvalue weighted by Gasteiger charge is 2.13. The van der Waals surface area contributed by atoms with Gasteiger partial charge < -0.3 is 10.1 Å². The second-order valence-corrected chi connectivity index (χ2v) is 6.97. The quantitative estimate of drug-likeness (QED) is 0.494. The van der Waals surface area contributed by atoms with Gasteiger partial charge in [-0.2, -0.15) is 5.26 Å². The van der Waals surface area contributed by atoms with Gasteiger partial charge in [0, 0.05) is 21.2 Å². The Morgan fingerprint density at radius 3 is 2.71 bits per heavy atom. The molecule has 3 rings (SSSR count). The maximum atomic E-state index is 9.41. The summed E-state index contributed by atoms with van der Waals surface area (Å²) in [6.07, 6.45) is 1.54. The molecule has 1 heterocycles. The molecule has 0 bridgehead atoms. The van der Waals surface area contributed by atoms with Crippen molar-refractivity contribution >= 4 is 68.1 Å². The zero-order valence-electron chi connectivity index (χ0n) is 12.4. The summed E-state index contributed by atoms with van der Waals surface area (Å²) in [7, 11) is 1.53. The van der Waals surface area contributed by atoms with Crippen LogP contribution in [0.2, 0.25) is 10.0 Å². The molecule has 120 valence electrons. The van der Waals surface area contributed by atoms with Gasteiger partial charge in [-0.1, -0.05) is 23.2 Å². The first-order valence-corrected chi connectivity index (χ1v) is 8.65. The number of halogens is 3. The summed E-state index contributed by atoms with van der Waals surface area (Å²) in [5.74, 6) is 0.495. The van der Waals surface area contributed by atoms with Crippen molar-refractivity contribution in [3.63, 3.8) is 0 Å². The number of fused-ring (bicyclic) bond motifs is 1. The van der Waals surface area contributed by atoms with E-state index in [1.807, 2.05) is 18.2 Å². The molecule has 1 aromatic heterocycles. The number of anilines is 2. The second kappa shape index (κ2) is 7.01. The molecule has 0 aliphatic rings. The SMILES string of the molecule is COc1cc(Nc2c(C#N)cnc3cc(I)ccc23)c(Cl)cc1Cl. The van der Waals surface area contributed by atoms with E-state index in [9.17, 15) is 5.26 Å². The lowest BCUT2D eigenvalue weighted by molar-refractivity contribution is 0.415. The van der Waals surface area contributed by atoms with Gasteiger partial charge in [0.15, 0.2) is 0 Å². The lowest BCUT2D eigenvalue weighted by atomic mass is 10.1. The zero-order chi connectivity index (χ0) is 17.3. The van der Waals surface area contributed by atoms with Gasteiger partial charge in [0.05, 0.1) is 39.6 Å². The van der Waals surface area contributed by atoms with Crippen LogP contribution in [0.15, 0.2) is 36.5 Å². The molecule has 0 unspecified atom stereocenters. The minimum Gasteiger partial charge on any atom is -0.495 e. The van der Waals surface area contributed by atoms with E-state index in [0.29, 0.717) is 32.7 Å². The zero-order valence-corrected chi connectivity index (χ0v) is 16.1. The van der Waals surface area contributed by atoms with Crippen LogP contribution in [0.4, 0.5) is 11.4 Å². The van der Waals surface area contributed by atoms with Crippen molar-refractivity contribution in [2.24, 2.45) is 0 Å². The average Bonchev–Trinajstić information content (AvgIpc) is 2.57. The number of hydrogen-bond acceptors (Lipinski definition) is 4. The van der Waals surface area contributed by atoms with Crippen LogP contribution < -0.4 is 10.1 Å². The topological polar surface area (TPSA) is 57.9 Å². The van der Waals surface area contributed by atoms with E-state index in [-0.39, 0.29) is 0 Å². The molecule has 7 heteroatoms. The third-order valence-corrected chi connectivity index (χ3v) is 4.73. The van der Waals surface area contributed by atoms with Crippen molar-refractivity contribution in [2.75, 3.05) is 12.4 Å². The van der Waals surface area contributed by atoms with Crippen LogP contribution in [0, 0.1) is 14.9 Å². The summed E-state index contributed by atoms with van der Waals surface area (Å²) in [6, 6.07) is 11.3. The fourth-order valence-corrected chi connectivity index (χ4v) is 3.28. The fourth-order valence-electron chi connectivity index (χ4n) is 2.30. The highest BCUT2D eigenvalue weighted by molar-refractivity contribution is 14.1. The first-order valence-electron chi connectivity index (χ1n) is 6.82. The van der Waals surface area contributed by atoms with Crippen molar-refractivity contribution in [3.05, 3.63) is 55.7 Å². The smallest absolute Gasteiger partial charge is 0.139 e. The number of nitrogens with one attached hydrogen (secondary N) is 1. The van der Waals surface area contributed by atoms with Crippen molar-refractivity contribution in [2.45, 2.75) is 0 Å². The Morgan fingerprint density at radius 2 is 2.00 bits per heavy atom. The third-order valence-electron chi connectivity index (χ3n) is 3.45. The number of hydrogen-bond donors (Lipinski definition) is 1. The molecule has 0 radical (unpaired) electrons. The lowest BCUT2D eigenvalue weighted by Gasteiger charge is -2.14. The Hall–Kier alpha value is -1.75. The normalized spacial score (nSPS) is 10.5. The van der Waals surface area contributed by atoms with Gasteiger partial charge in [-0.15, -0.1) is 0 Å². The van der Waals surface area contributed by atoms with Crippen LogP contribution in [0.5, 0.6) is 5.75 Å². The monoisotopic (exact) mass is 469 g/mol. The Bertz CT molecular complexity index is 986. The molecule has 0 saturated heterocycles. The molecule has 0 aliphatic heterocycles. The molecule has 0 fully saturated rings. The molecule has 0 atom stereocenters. The van der Waals surface area contributed by atoms with Gasteiger partial charge in [-0.05, 0) is 46.9 Å². The van der Waals surface area contributed by atoms with Crippen LogP contribution in [-0.2, 0) is 0 Å². The number of aromatic nitrogens is 1. The molecule has 2 aromatic carbocycles. The highest BCUT2D eigenvalue weighted by atomic mass is 127. The first-order chi connectivity index (χ1) is 11.5. The van der Waals surface area contributed by atoms with Crippen LogP contribution in [0.1, 0.15) is 5.56 Å². The minimum atomic E-state index is 0.419. The van der Waals surface area contributed by atoms with Gasteiger partial charge in [0.2, 0.25) is 0 Å². The van der Waals surface area contributed by atoms with E-state index in [1.165, 1.54) is 7.11 Å². The molecule has 3 aromatic rings. The number of benzene rings is 2. The molecule has 1 N–H and O–H groups in total. The van der Waals surface area contributed by atoms with Gasteiger partial charge >= 0.3 is 0 Å². The summed E-state index contributed by atoms with van der Waals surface area (Å²) in [6.45, 7) is 0. The molecule has 0 saturated carbocycles. The van der Waals surface area contributed by atoms with Crippen LogP contribution in [0.25, 0.3) is 10.9 Å². The van der Waals surface area contributed by atoms with E-state index in [0.717, 1.165) is 14.5 Å². The van der Waals surface area contributed by atoms with E-state index in [2.05, 4.69) is 39.0 Å². The molecule has 0 spiro atoms. The average molecular weight is 470 g/mol. The maximum absolute atomic E-state index is 9.41. The van der Waals surface area contributed by atoms with Crippen molar-refractivity contribution < 1.29 is 4.74 Å². The van der Waals surface area contributed by atoms with E-state index in [4.69, 9.17) is 27.9 Å². The number of nitriles is 1. The predicted octanol–water partition coefficient (Wildman–Crippen LogP) is 5.77. The number of nitrogens with zero attached hydrogens (tertiary/aromatic N) is 2. The molecule has 24 heavy (non-hydrogen) atoms. The van der Waals surface area contributed by atoms with E-state index >= 15 is 0 Å². The van der Waals surface area contributed by atoms with E-state index < -0.39 is 0 Å². The minimum absolute atomic E-state index is 0.419.